The standard InChI is InChI=1S/C19H13F3N2O3S/c1-27-18(26)17(25)14-15(9-5-7-10(20)8-6-9)23-19(28)24-16(14)13-11(21)3-2-4-12(13)22/h2-8,16H,1H3,(H2,23,24,28)/t16-/m0/s1. The van der Waals surface area contributed by atoms with Crippen molar-refractivity contribution in [3.8, 4) is 0 Å². The van der Waals surface area contributed by atoms with Gasteiger partial charge in [0.1, 0.15) is 17.5 Å². The molecule has 0 unspecified atom stereocenters. The average molecular weight is 406 g/mol. The molecule has 2 aromatic rings. The van der Waals surface area contributed by atoms with E-state index in [9.17, 15) is 22.8 Å². The molecule has 0 spiro atoms. The maximum Gasteiger partial charge on any atom is 0.379 e. The van der Waals surface area contributed by atoms with Crippen molar-refractivity contribution in [3.63, 3.8) is 0 Å². The number of ketones is 1. The highest BCUT2D eigenvalue weighted by molar-refractivity contribution is 7.80. The van der Waals surface area contributed by atoms with E-state index in [1.165, 1.54) is 18.2 Å². The van der Waals surface area contributed by atoms with Gasteiger partial charge in [0.2, 0.25) is 0 Å². The molecular weight excluding hydrogens is 393 g/mol. The van der Waals surface area contributed by atoms with E-state index in [0.29, 0.717) is 5.56 Å². The fraction of sp³-hybridized carbons (Fsp3) is 0.105. The molecule has 1 atom stereocenters. The second kappa shape index (κ2) is 7.81. The zero-order chi connectivity index (χ0) is 20.4. The number of thiocarbonyl (C=S) groups is 1. The Morgan fingerprint density at radius 3 is 2.21 bits per heavy atom. The molecular formula is C19H13F3N2O3S. The van der Waals surface area contributed by atoms with Crippen molar-refractivity contribution in [2.24, 2.45) is 0 Å². The summed E-state index contributed by atoms with van der Waals surface area (Å²) in [7, 11) is 1.01. The number of ether oxygens (including phenoxy) is 1. The van der Waals surface area contributed by atoms with E-state index in [0.717, 1.165) is 31.4 Å². The third-order valence-electron chi connectivity index (χ3n) is 4.11. The van der Waals surface area contributed by atoms with Crippen molar-refractivity contribution >= 4 is 34.8 Å². The Kier molecular flexibility index (Phi) is 5.46. The highest BCUT2D eigenvalue weighted by Crippen LogP contribution is 2.34. The molecule has 1 heterocycles. The Morgan fingerprint density at radius 1 is 1.04 bits per heavy atom. The van der Waals surface area contributed by atoms with Gasteiger partial charge in [0.25, 0.3) is 5.78 Å². The molecule has 0 saturated carbocycles. The molecule has 1 aliphatic heterocycles. The van der Waals surface area contributed by atoms with Crippen LogP contribution in [0.4, 0.5) is 13.2 Å². The molecule has 9 heteroatoms. The van der Waals surface area contributed by atoms with Gasteiger partial charge in [-0.1, -0.05) is 6.07 Å². The summed E-state index contributed by atoms with van der Waals surface area (Å²) >= 11 is 5.10. The van der Waals surface area contributed by atoms with E-state index < -0.39 is 40.8 Å². The van der Waals surface area contributed by atoms with Crippen molar-refractivity contribution in [1.82, 2.24) is 10.6 Å². The fourth-order valence-corrected chi connectivity index (χ4v) is 3.08. The number of benzene rings is 2. The second-order valence-corrected chi connectivity index (χ2v) is 6.19. The molecule has 0 aromatic heterocycles. The van der Waals surface area contributed by atoms with E-state index in [1.807, 2.05) is 0 Å². The van der Waals surface area contributed by atoms with E-state index >= 15 is 0 Å². The minimum Gasteiger partial charge on any atom is -0.463 e. The SMILES string of the molecule is COC(=O)C(=O)C1=C(c2ccc(F)cc2)NC(=S)N[C@H]1c1c(F)cccc1F. The lowest BCUT2D eigenvalue weighted by molar-refractivity contribution is -0.150. The maximum absolute atomic E-state index is 14.4. The van der Waals surface area contributed by atoms with Crippen LogP contribution in [0.15, 0.2) is 48.0 Å². The summed E-state index contributed by atoms with van der Waals surface area (Å²) in [6.07, 6.45) is 0. The summed E-state index contributed by atoms with van der Waals surface area (Å²) in [6.45, 7) is 0. The van der Waals surface area contributed by atoms with Crippen molar-refractivity contribution in [2.75, 3.05) is 7.11 Å². The van der Waals surface area contributed by atoms with Gasteiger partial charge in [-0.05, 0) is 54.2 Å². The average Bonchev–Trinajstić information content (AvgIpc) is 2.67. The molecule has 0 bridgehead atoms. The lowest BCUT2D eigenvalue weighted by Gasteiger charge is -2.31. The quantitative estimate of drug-likeness (QED) is 0.463. The number of carbonyl (C=O) groups excluding carboxylic acids is 2. The molecule has 0 radical (unpaired) electrons. The van der Waals surface area contributed by atoms with Gasteiger partial charge in [0.15, 0.2) is 5.11 Å². The third-order valence-corrected chi connectivity index (χ3v) is 4.33. The van der Waals surface area contributed by atoms with Crippen LogP contribution in [-0.4, -0.2) is 24.0 Å². The Labute approximate surface area is 163 Å². The second-order valence-electron chi connectivity index (χ2n) is 5.78. The van der Waals surface area contributed by atoms with E-state index in [4.69, 9.17) is 12.2 Å². The van der Waals surface area contributed by atoms with Gasteiger partial charge >= 0.3 is 5.97 Å². The third kappa shape index (κ3) is 3.61. The number of Topliss-reactive ketones (excluding diaryl/α,β-unsaturated/α-hetero) is 1. The first-order valence-corrected chi connectivity index (χ1v) is 8.38. The van der Waals surface area contributed by atoms with Gasteiger partial charge in [-0.3, -0.25) is 4.79 Å². The van der Waals surface area contributed by atoms with Gasteiger partial charge in [-0.25, -0.2) is 18.0 Å². The molecule has 144 valence electrons. The molecule has 0 aliphatic carbocycles. The summed E-state index contributed by atoms with van der Waals surface area (Å²) in [5.74, 6) is -4.75. The van der Waals surface area contributed by atoms with Crippen molar-refractivity contribution < 1.29 is 27.5 Å². The van der Waals surface area contributed by atoms with Crippen molar-refractivity contribution in [3.05, 3.63) is 76.6 Å². The lowest BCUT2D eigenvalue weighted by Crippen LogP contribution is -2.46. The molecule has 2 aromatic carbocycles. The van der Waals surface area contributed by atoms with Crippen LogP contribution >= 0.6 is 12.2 Å². The van der Waals surface area contributed by atoms with Crippen LogP contribution in [0.5, 0.6) is 0 Å². The minimum atomic E-state index is -1.40. The van der Waals surface area contributed by atoms with Crippen molar-refractivity contribution in [1.29, 1.82) is 0 Å². The number of hydrogen-bond acceptors (Lipinski definition) is 4. The van der Waals surface area contributed by atoms with Crippen molar-refractivity contribution in [2.45, 2.75) is 6.04 Å². The van der Waals surface area contributed by atoms with Gasteiger partial charge in [0.05, 0.1) is 30.0 Å². The summed E-state index contributed by atoms with van der Waals surface area (Å²) in [4.78, 5) is 24.6. The lowest BCUT2D eigenvalue weighted by atomic mass is 9.89. The number of esters is 1. The topological polar surface area (TPSA) is 67.4 Å². The van der Waals surface area contributed by atoms with Gasteiger partial charge in [0, 0.05) is 0 Å². The number of hydrogen-bond donors (Lipinski definition) is 2. The van der Waals surface area contributed by atoms with Crippen LogP contribution < -0.4 is 10.6 Å². The Bertz CT molecular complexity index is 986. The predicted molar refractivity (Wildman–Crippen MR) is 98.3 cm³/mol. The first kappa shape index (κ1) is 19.6. The first-order chi connectivity index (χ1) is 13.3. The summed E-state index contributed by atoms with van der Waals surface area (Å²) in [5.41, 5.74) is -0.486. The maximum atomic E-state index is 14.4. The Balaban J connectivity index is 2.29. The highest BCUT2D eigenvalue weighted by atomic mass is 32.1. The zero-order valence-corrected chi connectivity index (χ0v) is 15.2. The van der Waals surface area contributed by atoms with Gasteiger partial charge in [-0.15, -0.1) is 0 Å². The highest BCUT2D eigenvalue weighted by Gasteiger charge is 2.38. The van der Waals surface area contributed by atoms with Crippen LogP contribution in [0, 0.1) is 17.5 Å². The number of rotatable bonds is 4. The first-order valence-electron chi connectivity index (χ1n) is 7.97. The molecule has 2 N–H and O–H groups in total. The Hall–Kier alpha value is -3.20. The molecule has 0 saturated heterocycles. The molecule has 1 aliphatic rings. The molecule has 0 amide bonds. The Morgan fingerprint density at radius 2 is 1.64 bits per heavy atom. The molecule has 3 rings (SSSR count). The molecule has 28 heavy (non-hydrogen) atoms. The number of carbonyl (C=O) groups is 2. The monoisotopic (exact) mass is 406 g/mol. The summed E-state index contributed by atoms with van der Waals surface area (Å²) < 4.78 is 46.6. The van der Waals surface area contributed by atoms with E-state index in [-0.39, 0.29) is 16.4 Å². The summed E-state index contributed by atoms with van der Waals surface area (Å²) in [6, 6.07) is 6.74. The van der Waals surface area contributed by atoms with E-state index in [1.54, 1.807) is 0 Å². The predicted octanol–water partition coefficient (Wildman–Crippen LogP) is 2.78. The largest absolute Gasteiger partial charge is 0.463 e. The van der Waals surface area contributed by atoms with Crippen LogP contribution in [0.3, 0.4) is 0 Å². The number of halogens is 3. The molecule has 5 nitrogen and oxygen atoms in total. The smallest absolute Gasteiger partial charge is 0.379 e. The van der Waals surface area contributed by atoms with Gasteiger partial charge < -0.3 is 15.4 Å². The van der Waals surface area contributed by atoms with E-state index in [2.05, 4.69) is 15.4 Å². The normalized spacial score (nSPS) is 16.3. The van der Waals surface area contributed by atoms with Crippen LogP contribution in [-0.2, 0) is 14.3 Å². The number of nitrogens with one attached hydrogen (secondary N) is 2. The minimum absolute atomic E-state index is 0.0202. The molecule has 0 fully saturated rings. The fourth-order valence-electron chi connectivity index (χ4n) is 2.86. The number of methoxy groups -OCH3 is 1. The summed E-state index contributed by atoms with van der Waals surface area (Å²) in [5, 5.41) is 5.29. The zero-order valence-electron chi connectivity index (χ0n) is 14.4. The van der Waals surface area contributed by atoms with Crippen LogP contribution in [0.1, 0.15) is 17.2 Å². The van der Waals surface area contributed by atoms with Crippen LogP contribution in [0.25, 0.3) is 5.70 Å². The van der Waals surface area contributed by atoms with Gasteiger partial charge in [-0.2, -0.15) is 0 Å². The van der Waals surface area contributed by atoms with Crippen LogP contribution in [0.2, 0.25) is 0 Å².